The molecular weight excluding hydrogens is 546 g/mol. The molecule has 1 saturated carbocycles. The minimum Gasteiger partial charge on any atom is -0.479 e. The summed E-state index contributed by atoms with van der Waals surface area (Å²) in [5, 5.41) is 15.7. The molecule has 5 atom stereocenters. The van der Waals surface area contributed by atoms with Crippen molar-refractivity contribution in [2.45, 2.75) is 121 Å². The number of rotatable bonds is 9. The Balaban J connectivity index is 1.50. The van der Waals surface area contributed by atoms with Crippen LogP contribution in [-0.2, 0) is 14.4 Å². The normalized spacial score (nSPS) is 27.1. The highest BCUT2D eigenvalue weighted by Gasteiger charge is 2.43. The van der Waals surface area contributed by atoms with Crippen molar-refractivity contribution in [3.05, 3.63) is 40.3 Å². The van der Waals surface area contributed by atoms with E-state index in [2.05, 4.69) is 22.3 Å². The maximum Gasteiger partial charge on any atom is 0.344 e. The van der Waals surface area contributed by atoms with Gasteiger partial charge in [-0.05, 0) is 56.6 Å². The molecule has 43 heavy (non-hydrogen) atoms. The molecule has 3 heterocycles. The van der Waals surface area contributed by atoms with Gasteiger partial charge in [-0.2, -0.15) is 0 Å². The Bertz CT molecular complexity index is 1360. The number of amides is 1. The summed E-state index contributed by atoms with van der Waals surface area (Å²) in [5.74, 6) is -0.649. The maximum absolute atomic E-state index is 14.3. The molecule has 2 bridgehead atoms. The number of nitrogens with zero attached hydrogens (tertiary/aromatic N) is 4. The molecular formula is C33H47N5O5. The number of benzene rings is 1. The van der Waals surface area contributed by atoms with Gasteiger partial charge in [0, 0.05) is 44.1 Å². The molecule has 234 valence electrons. The molecule has 2 N–H and O–H groups in total. The third-order valence-corrected chi connectivity index (χ3v) is 9.75. The Kier molecular flexibility index (Phi) is 10.5. The standard InChI is InChI=1S/C33H47N5O5/c1-22-10-5-3-4-6-11-23(18-22)37-24-12-9-13-25(37)20-26(19-24)38-29-15-8-7-14-27(29)35-32(33(38)42)28(16-17-30(39)34-2)36-43-21-31(40)41/h7-8,14-15,22-26H,3-6,9-13,16-21H2,1-2H3,(H,34,39)(H,40,41)/b36-28+/t22-,23-,24-,25+,26?/m1/s1. The lowest BCUT2D eigenvalue weighted by molar-refractivity contribution is -0.142. The van der Waals surface area contributed by atoms with Gasteiger partial charge < -0.3 is 19.8 Å². The molecule has 1 amide bonds. The fraction of sp³-hybridized carbons (Fsp3) is 0.667. The fourth-order valence-corrected chi connectivity index (χ4v) is 7.83. The van der Waals surface area contributed by atoms with E-state index in [4.69, 9.17) is 14.9 Å². The van der Waals surface area contributed by atoms with Crippen LogP contribution in [0, 0.1) is 5.92 Å². The van der Waals surface area contributed by atoms with Crippen LogP contribution in [0.1, 0.15) is 109 Å². The van der Waals surface area contributed by atoms with Crippen molar-refractivity contribution in [3.8, 4) is 0 Å². The summed E-state index contributed by atoms with van der Waals surface area (Å²) >= 11 is 0. The van der Waals surface area contributed by atoms with Gasteiger partial charge in [0.25, 0.3) is 5.56 Å². The van der Waals surface area contributed by atoms with Crippen molar-refractivity contribution in [1.82, 2.24) is 19.8 Å². The Labute approximate surface area is 253 Å². The number of aliphatic carboxylic acids is 1. The molecule has 2 saturated heterocycles. The van der Waals surface area contributed by atoms with Crippen LogP contribution in [0.4, 0.5) is 0 Å². The van der Waals surface area contributed by atoms with Crippen LogP contribution in [-0.4, -0.2) is 68.9 Å². The highest BCUT2D eigenvalue weighted by Crippen LogP contribution is 2.43. The van der Waals surface area contributed by atoms with Crippen molar-refractivity contribution in [1.29, 1.82) is 0 Å². The Morgan fingerprint density at radius 3 is 2.35 bits per heavy atom. The van der Waals surface area contributed by atoms with E-state index in [9.17, 15) is 14.4 Å². The van der Waals surface area contributed by atoms with Crippen molar-refractivity contribution in [2.75, 3.05) is 13.7 Å². The number of para-hydroxylation sites is 2. The number of oxime groups is 1. The van der Waals surface area contributed by atoms with Gasteiger partial charge in [-0.15, -0.1) is 0 Å². The van der Waals surface area contributed by atoms with Crippen LogP contribution in [0.2, 0.25) is 0 Å². The lowest BCUT2D eigenvalue weighted by Gasteiger charge is -2.53. The molecule has 1 unspecified atom stereocenters. The smallest absolute Gasteiger partial charge is 0.344 e. The predicted molar refractivity (Wildman–Crippen MR) is 166 cm³/mol. The average molecular weight is 594 g/mol. The van der Waals surface area contributed by atoms with E-state index in [1.54, 1.807) is 7.05 Å². The number of carboxylic acids is 1. The van der Waals surface area contributed by atoms with Crippen molar-refractivity contribution >= 4 is 28.6 Å². The zero-order valence-electron chi connectivity index (χ0n) is 25.7. The van der Waals surface area contributed by atoms with Crippen LogP contribution in [0.25, 0.3) is 11.0 Å². The van der Waals surface area contributed by atoms with Gasteiger partial charge in [0.1, 0.15) is 5.71 Å². The van der Waals surface area contributed by atoms with Crippen LogP contribution >= 0.6 is 0 Å². The minimum absolute atomic E-state index is 0.0135. The van der Waals surface area contributed by atoms with E-state index in [0.717, 1.165) is 37.1 Å². The lowest BCUT2D eigenvalue weighted by Crippen LogP contribution is -2.57. The number of nitrogens with one attached hydrogen (secondary N) is 1. The largest absolute Gasteiger partial charge is 0.479 e. The molecule has 3 aliphatic rings. The number of hydrogen-bond donors (Lipinski definition) is 2. The van der Waals surface area contributed by atoms with Crippen molar-refractivity contribution in [3.63, 3.8) is 0 Å². The highest BCUT2D eigenvalue weighted by atomic mass is 16.6. The summed E-state index contributed by atoms with van der Waals surface area (Å²) in [7, 11) is 1.55. The number of carbonyl (C=O) groups is 2. The number of aromatic nitrogens is 2. The summed E-state index contributed by atoms with van der Waals surface area (Å²) in [6.07, 6.45) is 14.7. The molecule has 5 rings (SSSR count). The number of hydrogen-bond acceptors (Lipinski definition) is 7. The number of carbonyl (C=O) groups excluding carboxylic acids is 1. The molecule has 10 nitrogen and oxygen atoms in total. The van der Waals surface area contributed by atoms with E-state index >= 15 is 0 Å². The van der Waals surface area contributed by atoms with E-state index in [1.807, 2.05) is 28.8 Å². The predicted octanol–water partition coefficient (Wildman–Crippen LogP) is 5.04. The van der Waals surface area contributed by atoms with E-state index in [1.165, 1.54) is 51.4 Å². The van der Waals surface area contributed by atoms with Gasteiger partial charge in [0.15, 0.2) is 5.69 Å². The van der Waals surface area contributed by atoms with Gasteiger partial charge in [-0.1, -0.05) is 62.7 Å². The molecule has 1 aliphatic carbocycles. The van der Waals surface area contributed by atoms with Crippen LogP contribution < -0.4 is 10.9 Å². The maximum atomic E-state index is 14.3. The number of fused-ring (bicyclic) bond motifs is 3. The second kappa shape index (κ2) is 14.5. The first-order valence-corrected chi connectivity index (χ1v) is 16.3. The Morgan fingerprint density at radius 2 is 1.63 bits per heavy atom. The molecule has 10 heteroatoms. The second-order valence-electron chi connectivity index (χ2n) is 12.8. The monoisotopic (exact) mass is 593 g/mol. The number of carboxylic acid groups (broad SMARTS) is 1. The Morgan fingerprint density at radius 1 is 0.953 bits per heavy atom. The molecule has 0 spiro atoms. The summed E-state index contributed by atoms with van der Waals surface area (Å²) in [6.45, 7) is 1.78. The SMILES string of the molecule is CNC(=O)CC/C(=N\OCC(=O)O)c1nc2ccccc2n(C2C[C@H]3CCC[C@@H](C2)N3[C@@H]2CCCCCC[C@@H](C)C2)c1=O. The number of piperidine rings is 2. The first-order chi connectivity index (χ1) is 20.9. The fourth-order valence-electron chi connectivity index (χ4n) is 7.83. The summed E-state index contributed by atoms with van der Waals surface area (Å²) in [4.78, 5) is 50.2. The van der Waals surface area contributed by atoms with Gasteiger partial charge in [-0.3, -0.25) is 14.5 Å². The third-order valence-electron chi connectivity index (χ3n) is 9.75. The summed E-state index contributed by atoms with van der Waals surface area (Å²) in [6, 6.07) is 9.18. The van der Waals surface area contributed by atoms with Gasteiger partial charge >= 0.3 is 5.97 Å². The highest BCUT2D eigenvalue weighted by molar-refractivity contribution is 6.01. The van der Waals surface area contributed by atoms with Crippen molar-refractivity contribution in [2.24, 2.45) is 11.1 Å². The molecule has 1 aromatic carbocycles. The zero-order chi connectivity index (χ0) is 30.3. The summed E-state index contributed by atoms with van der Waals surface area (Å²) in [5.41, 5.74) is 1.50. The van der Waals surface area contributed by atoms with E-state index < -0.39 is 12.6 Å². The van der Waals surface area contributed by atoms with Crippen LogP contribution in [0.15, 0.2) is 34.2 Å². The first-order valence-electron chi connectivity index (χ1n) is 16.3. The van der Waals surface area contributed by atoms with Gasteiger partial charge in [-0.25, -0.2) is 9.78 Å². The molecule has 0 radical (unpaired) electrons. The lowest BCUT2D eigenvalue weighted by atomic mass is 9.78. The quantitative estimate of drug-likeness (QED) is 0.308. The molecule has 2 aliphatic heterocycles. The molecule has 1 aromatic heterocycles. The van der Waals surface area contributed by atoms with Gasteiger partial charge in [0.2, 0.25) is 12.5 Å². The second-order valence-corrected chi connectivity index (χ2v) is 12.8. The third kappa shape index (κ3) is 7.45. The van der Waals surface area contributed by atoms with Crippen molar-refractivity contribution < 1.29 is 19.5 Å². The van der Waals surface area contributed by atoms with Crippen LogP contribution in [0.5, 0.6) is 0 Å². The average Bonchev–Trinajstić information content (AvgIpc) is 3.09. The van der Waals surface area contributed by atoms with Crippen LogP contribution in [0.3, 0.4) is 0 Å². The zero-order valence-corrected chi connectivity index (χ0v) is 25.7. The van der Waals surface area contributed by atoms with E-state index in [0.29, 0.717) is 23.6 Å². The van der Waals surface area contributed by atoms with Gasteiger partial charge in [0.05, 0.1) is 11.0 Å². The molecule has 2 aromatic rings. The molecule has 3 fully saturated rings. The van der Waals surface area contributed by atoms with E-state index in [-0.39, 0.29) is 41.8 Å². The first kappa shape index (κ1) is 31.2. The topological polar surface area (TPSA) is 126 Å². The Hall–Kier alpha value is -3.27. The minimum atomic E-state index is -1.18. The summed E-state index contributed by atoms with van der Waals surface area (Å²) < 4.78 is 1.92.